The van der Waals surface area contributed by atoms with Crippen molar-refractivity contribution in [3.8, 4) is 0 Å². The Morgan fingerprint density at radius 3 is 2.45 bits per heavy atom. The normalized spacial score (nSPS) is 12.9. The molecule has 0 bridgehead atoms. The number of hydrogen-bond acceptors (Lipinski definition) is 2. The molecular weight excluding hydrogens is 172 g/mol. The molecule has 60 valence electrons. The smallest absolute Gasteiger partial charge is 0.0396 e. The summed E-state index contributed by atoms with van der Waals surface area (Å²) < 4.78 is 0. The number of rotatable bonds is 3. The molecule has 0 fully saturated rings. The molecule has 1 rings (SSSR count). The lowest BCUT2D eigenvalue weighted by molar-refractivity contribution is 0.901. The molecule has 0 saturated heterocycles. The van der Waals surface area contributed by atoms with E-state index < -0.39 is 0 Å². The van der Waals surface area contributed by atoms with Gasteiger partial charge in [0, 0.05) is 5.25 Å². The van der Waals surface area contributed by atoms with Crippen LogP contribution in [-0.2, 0) is 0 Å². The first-order valence-corrected chi connectivity index (χ1v) is 5.66. The van der Waals surface area contributed by atoms with Gasteiger partial charge >= 0.3 is 0 Å². The maximum Gasteiger partial charge on any atom is 0.0396 e. The van der Waals surface area contributed by atoms with E-state index in [0.717, 1.165) is 6.42 Å². The fraction of sp³-hybridized carbons (Fsp3) is 0.333. The molecule has 1 atom stereocenters. The van der Waals surface area contributed by atoms with Gasteiger partial charge in [-0.1, -0.05) is 48.0 Å². The summed E-state index contributed by atoms with van der Waals surface area (Å²) in [5.41, 5.74) is 1.37. The first-order valence-electron chi connectivity index (χ1n) is 3.73. The van der Waals surface area contributed by atoms with Gasteiger partial charge in [-0.3, -0.25) is 0 Å². The van der Waals surface area contributed by atoms with Gasteiger partial charge in [-0.2, -0.15) is 0 Å². The van der Waals surface area contributed by atoms with Crippen molar-refractivity contribution < 1.29 is 0 Å². The SMILES string of the molecule is CCC(SS)c1ccccc1. The first-order chi connectivity index (χ1) is 5.38. The van der Waals surface area contributed by atoms with E-state index in [1.165, 1.54) is 5.56 Å². The Kier molecular flexibility index (Phi) is 3.87. The molecule has 2 heteroatoms. The predicted molar refractivity (Wildman–Crippen MR) is 56.1 cm³/mol. The van der Waals surface area contributed by atoms with Crippen LogP contribution in [0.3, 0.4) is 0 Å². The molecule has 0 aliphatic heterocycles. The third-order valence-electron chi connectivity index (χ3n) is 1.67. The van der Waals surface area contributed by atoms with E-state index in [2.05, 4.69) is 42.9 Å². The summed E-state index contributed by atoms with van der Waals surface area (Å²) in [5.74, 6) is 0. The van der Waals surface area contributed by atoms with Crippen molar-refractivity contribution >= 4 is 22.5 Å². The summed E-state index contributed by atoms with van der Waals surface area (Å²) in [5, 5.41) is 0.541. The van der Waals surface area contributed by atoms with Crippen molar-refractivity contribution in [3.63, 3.8) is 0 Å². The third-order valence-corrected chi connectivity index (χ3v) is 3.29. The molecule has 1 aromatic carbocycles. The molecule has 11 heavy (non-hydrogen) atoms. The van der Waals surface area contributed by atoms with Crippen LogP contribution < -0.4 is 0 Å². The van der Waals surface area contributed by atoms with E-state index >= 15 is 0 Å². The Morgan fingerprint density at radius 2 is 2.00 bits per heavy atom. The quantitative estimate of drug-likeness (QED) is 0.552. The van der Waals surface area contributed by atoms with Crippen molar-refractivity contribution in [2.24, 2.45) is 0 Å². The minimum atomic E-state index is 0.541. The van der Waals surface area contributed by atoms with Gasteiger partial charge in [0.1, 0.15) is 0 Å². The van der Waals surface area contributed by atoms with Crippen LogP contribution in [-0.4, -0.2) is 0 Å². The lowest BCUT2D eigenvalue weighted by Gasteiger charge is -2.09. The summed E-state index contributed by atoms with van der Waals surface area (Å²) in [6.45, 7) is 2.18. The fourth-order valence-corrected chi connectivity index (χ4v) is 2.28. The highest BCUT2D eigenvalue weighted by Gasteiger charge is 2.05. The maximum atomic E-state index is 4.22. The van der Waals surface area contributed by atoms with Crippen LogP contribution in [0.4, 0.5) is 0 Å². The minimum Gasteiger partial charge on any atom is -0.111 e. The lowest BCUT2D eigenvalue weighted by atomic mass is 10.1. The van der Waals surface area contributed by atoms with Gasteiger partial charge in [0.2, 0.25) is 0 Å². The average molecular weight is 184 g/mol. The van der Waals surface area contributed by atoms with Gasteiger partial charge in [0.25, 0.3) is 0 Å². The van der Waals surface area contributed by atoms with E-state index in [-0.39, 0.29) is 0 Å². The molecule has 0 heterocycles. The average Bonchev–Trinajstić information content (AvgIpc) is 2.09. The second kappa shape index (κ2) is 4.73. The van der Waals surface area contributed by atoms with E-state index in [1.807, 2.05) is 6.07 Å². The van der Waals surface area contributed by atoms with Gasteiger partial charge in [-0.15, -0.1) is 11.7 Å². The molecule has 0 radical (unpaired) electrons. The van der Waals surface area contributed by atoms with Crippen LogP contribution in [0.2, 0.25) is 0 Å². The monoisotopic (exact) mass is 184 g/mol. The molecule has 0 saturated carbocycles. The van der Waals surface area contributed by atoms with E-state index in [9.17, 15) is 0 Å². The largest absolute Gasteiger partial charge is 0.111 e. The molecule has 1 unspecified atom stereocenters. The summed E-state index contributed by atoms with van der Waals surface area (Å²) in [7, 11) is 1.62. The molecule has 0 amide bonds. The molecule has 1 aromatic rings. The highest BCUT2D eigenvalue weighted by atomic mass is 33.1. The Balaban J connectivity index is 2.74. The Bertz CT molecular complexity index is 192. The van der Waals surface area contributed by atoms with Crippen molar-refractivity contribution in [2.75, 3.05) is 0 Å². The summed E-state index contributed by atoms with van der Waals surface area (Å²) in [4.78, 5) is 0. The molecule has 0 spiro atoms. The molecule has 0 aromatic heterocycles. The molecule has 0 nitrogen and oxygen atoms in total. The standard InChI is InChI=1S/C9H12S2/c1-2-9(11-10)8-6-4-3-5-7-8/h3-7,9-10H,2H2,1H3. The zero-order chi connectivity index (χ0) is 8.10. The zero-order valence-electron chi connectivity index (χ0n) is 6.53. The summed E-state index contributed by atoms with van der Waals surface area (Å²) in [6, 6.07) is 10.5. The fourth-order valence-electron chi connectivity index (χ4n) is 1.04. The van der Waals surface area contributed by atoms with Crippen LogP contribution in [0.25, 0.3) is 0 Å². The third kappa shape index (κ3) is 2.46. The van der Waals surface area contributed by atoms with Crippen LogP contribution in [0.1, 0.15) is 24.2 Å². The van der Waals surface area contributed by atoms with Crippen LogP contribution >= 0.6 is 22.5 Å². The van der Waals surface area contributed by atoms with E-state index in [1.54, 1.807) is 10.8 Å². The van der Waals surface area contributed by atoms with E-state index in [4.69, 9.17) is 0 Å². The lowest BCUT2D eigenvalue weighted by Crippen LogP contribution is -1.87. The number of hydrogen-bond donors (Lipinski definition) is 1. The van der Waals surface area contributed by atoms with Gasteiger partial charge in [0.15, 0.2) is 0 Å². The number of thiol groups is 1. The first kappa shape index (κ1) is 9.01. The van der Waals surface area contributed by atoms with Crippen LogP contribution in [0.15, 0.2) is 30.3 Å². The minimum absolute atomic E-state index is 0.541. The molecule has 0 N–H and O–H groups in total. The van der Waals surface area contributed by atoms with Crippen molar-refractivity contribution in [1.82, 2.24) is 0 Å². The Morgan fingerprint density at radius 1 is 1.36 bits per heavy atom. The number of benzene rings is 1. The zero-order valence-corrected chi connectivity index (χ0v) is 8.24. The summed E-state index contributed by atoms with van der Waals surface area (Å²) in [6.07, 6.45) is 1.14. The van der Waals surface area contributed by atoms with E-state index in [0.29, 0.717) is 5.25 Å². The predicted octanol–water partition coefficient (Wildman–Crippen LogP) is 3.72. The topological polar surface area (TPSA) is 0 Å². The highest BCUT2D eigenvalue weighted by molar-refractivity contribution is 8.68. The van der Waals surface area contributed by atoms with Gasteiger partial charge < -0.3 is 0 Å². The summed E-state index contributed by atoms with van der Waals surface area (Å²) >= 11 is 4.22. The van der Waals surface area contributed by atoms with Gasteiger partial charge in [0.05, 0.1) is 0 Å². The maximum absolute atomic E-state index is 4.22. The molecular formula is C9H12S2. The highest BCUT2D eigenvalue weighted by Crippen LogP contribution is 2.33. The van der Waals surface area contributed by atoms with Crippen LogP contribution in [0.5, 0.6) is 0 Å². The van der Waals surface area contributed by atoms with Gasteiger partial charge in [-0.25, -0.2) is 0 Å². The Hall–Kier alpha value is -0.0800. The Labute approximate surface area is 77.2 Å². The molecule has 0 aliphatic carbocycles. The second-order valence-electron chi connectivity index (χ2n) is 2.41. The molecule has 0 aliphatic rings. The van der Waals surface area contributed by atoms with Crippen molar-refractivity contribution in [3.05, 3.63) is 35.9 Å². The van der Waals surface area contributed by atoms with Gasteiger partial charge in [-0.05, 0) is 12.0 Å². The van der Waals surface area contributed by atoms with Crippen molar-refractivity contribution in [2.45, 2.75) is 18.6 Å². The van der Waals surface area contributed by atoms with Crippen molar-refractivity contribution in [1.29, 1.82) is 0 Å². The second-order valence-corrected chi connectivity index (χ2v) is 3.83. The van der Waals surface area contributed by atoms with Crippen LogP contribution in [0, 0.1) is 0 Å².